The summed E-state index contributed by atoms with van der Waals surface area (Å²) in [6, 6.07) is 18.9. The normalized spacial score (nSPS) is 10.5. The number of nitrogens with zero attached hydrogens (tertiary/aromatic N) is 2. The fourth-order valence-corrected chi connectivity index (χ4v) is 3.17. The minimum Gasteiger partial charge on any atom is -0.364 e. The van der Waals surface area contributed by atoms with Crippen molar-refractivity contribution in [2.75, 3.05) is 11.9 Å². The van der Waals surface area contributed by atoms with Crippen LogP contribution < -0.4 is 5.32 Å². The molecule has 3 rings (SSSR count). The number of halogens is 2. The molecule has 0 saturated carbocycles. The molecular weight excluding hydrogens is 418 g/mol. The van der Waals surface area contributed by atoms with Gasteiger partial charge in [0.2, 0.25) is 5.82 Å². The van der Waals surface area contributed by atoms with Crippen LogP contribution in [0.5, 0.6) is 0 Å². The molecule has 0 aliphatic carbocycles. The molecule has 0 amide bonds. The molecule has 0 spiro atoms. The Kier molecular flexibility index (Phi) is 5.85. The highest BCUT2D eigenvalue weighted by molar-refractivity contribution is 9.10. The number of benzene rings is 2. The minimum absolute atomic E-state index is 0.0567. The number of hydrogen-bond acceptors (Lipinski definition) is 4. The molecule has 1 aromatic heterocycles. The van der Waals surface area contributed by atoms with Crippen LogP contribution in [0.3, 0.4) is 0 Å². The number of nitro groups is 1. The summed E-state index contributed by atoms with van der Waals surface area (Å²) < 4.78 is 0.538. The van der Waals surface area contributed by atoms with Crippen LogP contribution in [0.4, 0.5) is 11.5 Å². The lowest BCUT2D eigenvalue weighted by atomic mass is 10.0. The second-order valence-electron chi connectivity index (χ2n) is 5.61. The number of anilines is 1. The van der Waals surface area contributed by atoms with Gasteiger partial charge in [0.25, 0.3) is 0 Å². The number of pyridine rings is 1. The van der Waals surface area contributed by atoms with Gasteiger partial charge in [0.05, 0.1) is 4.92 Å². The van der Waals surface area contributed by atoms with Crippen LogP contribution in [-0.4, -0.2) is 16.5 Å². The largest absolute Gasteiger partial charge is 0.364 e. The minimum atomic E-state index is -0.455. The molecule has 0 unspecified atom stereocenters. The quantitative estimate of drug-likeness (QED) is 0.307. The molecule has 1 heterocycles. The molecule has 0 bridgehead atoms. The topological polar surface area (TPSA) is 68.1 Å². The van der Waals surface area contributed by atoms with Gasteiger partial charge in [-0.15, -0.1) is 0 Å². The first kappa shape index (κ1) is 18.4. The van der Waals surface area contributed by atoms with Crippen LogP contribution in [0.25, 0.3) is 11.1 Å². The van der Waals surface area contributed by atoms with Crippen LogP contribution in [0.2, 0.25) is 5.02 Å². The lowest BCUT2D eigenvalue weighted by molar-refractivity contribution is -0.384. The summed E-state index contributed by atoms with van der Waals surface area (Å²) in [7, 11) is 0. The maximum absolute atomic E-state index is 11.1. The molecule has 2 aromatic carbocycles. The van der Waals surface area contributed by atoms with E-state index in [0.717, 1.165) is 16.7 Å². The first-order chi connectivity index (χ1) is 12.5. The Morgan fingerprint density at radius 2 is 1.85 bits per heavy atom. The molecule has 0 aliphatic heterocycles. The number of hydrogen-bond donors (Lipinski definition) is 1. The predicted molar refractivity (Wildman–Crippen MR) is 108 cm³/mol. The van der Waals surface area contributed by atoms with E-state index in [-0.39, 0.29) is 11.5 Å². The van der Waals surface area contributed by atoms with Crippen LogP contribution in [0, 0.1) is 10.1 Å². The summed E-state index contributed by atoms with van der Waals surface area (Å²) in [5.74, 6) is 0.237. The molecule has 0 atom stereocenters. The Bertz CT molecular complexity index is 935. The summed E-state index contributed by atoms with van der Waals surface area (Å²) in [6.07, 6.45) is 0.624. The summed E-state index contributed by atoms with van der Waals surface area (Å²) in [5.41, 5.74) is 3.07. The second kappa shape index (κ2) is 8.29. The average molecular weight is 433 g/mol. The highest BCUT2D eigenvalue weighted by Gasteiger charge is 2.15. The van der Waals surface area contributed by atoms with Gasteiger partial charge in [0.1, 0.15) is 4.60 Å². The molecule has 0 fully saturated rings. The van der Waals surface area contributed by atoms with Crippen molar-refractivity contribution in [2.45, 2.75) is 6.42 Å². The van der Waals surface area contributed by atoms with Crippen LogP contribution in [0.15, 0.2) is 65.3 Å². The molecule has 1 N–H and O–H groups in total. The fraction of sp³-hybridized carbons (Fsp3) is 0.105. The van der Waals surface area contributed by atoms with Gasteiger partial charge in [-0.2, -0.15) is 0 Å². The Balaban J connectivity index is 1.69. The van der Waals surface area contributed by atoms with E-state index < -0.39 is 4.92 Å². The molecule has 26 heavy (non-hydrogen) atoms. The second-order valence-corrected chi connectivity index (χ2v) is 6.83. The van der Waals surface area contributed by atoms with Crippen molar-refractivity contribution in [2.24, 2.45) is 0 Å². The van der Waals surface area contributed by atoms with Gasteiger partial charge < -0.3 is 5.32 Å². The van der Waals surface area contributed by atoms with Crippen molar-refractivity contribution < 1.29 is 4.92 Å². The van der Waals surface area contributed by atoms with Crippen molar-refractivity contribution in [3.05, 3.63) is 86.0 Å². The summed E-state index contributed by atoms with van der Waals surface area (Å²) in [4.78, 5) is 14.8. The molecular formula is C19H15BrClN3O2. The van der Waals surface area contributed by atoms with E-state index in [0.29, 0.717) is 22.6 Å². The summed E-state index contributed by atoms with van der Waals surface area (Å²) in [5, 5.41) is 14.8. The highest BCUT2D eigenvalue weighted by Crippen LogP contribution is 2.27. The molecule has 0 radical (unpaired) electrons. The smallest absolute Gasteiger partial charge is 0.311 e. The van der Waals surface area contributed by atoms with Gasteiger partial charge in [-0.3, -0.25) is 10.1 Å². The van der Waals surface area contributed by atoms with E-state index in [9.17, 15) is 10.1 Å². The van der Waals surface area contributed by atoms with Gasteiger partial charge >= 0.3 is 5.69 Å². The van der Waals surface area contributed by atoms with E-state index >= 15 is 0 Å². The van der Waals surface area contributed by atoms with Crippen molar-refractivity contribution in [3.63, 3.8) is 0 Å². The molecule has 3 aromatic rings. The Hall–Kier alpha value is -2.44. The lowest BCUT2D eigenvalue weighted by Crippen LogP contribution is -2.09. The van der Waals surface area contributed by atoms with E-state index in [1.54, 1.807) is 6.07 Å². The van der Waals surface area contributed by atoms with Crippen LogP contribution in [-0.2, 0) is 6.42 Å². The number of aromatic nitrogens is 1. The maximum atomic E-state index is 11.1. The van der Waals surface area contributed by atoms with Gasteiger partial charge in [0.15, 0.2) is 0 Å². The summed E-state index contributed by atoms with van der Waals surface area (Å²) >= 11 is 9.64. The molecule has 0 aliphatic rings. The zero-order chi connectivity index (χ0) is 18.5. The average Bonchev–Trinajstić information content (AvgIpc) is 2.63. The predicted octanol–water partition coefficient (Wildman–Crippen LogP) is 5.73. The monoisotopic (exact) mass is 431 g/mol. The standard InChI is InChI=1S/C19H15BrClN3O2/c20-18-9-8-17(24(25)26)19(23-18)22-11-10-14-6-7-15(12-16(14)21)13-4-2-1-3-5-13/h1-9,12H,10-11H2,(H,22,23). The lowest BCUT2D eigenvalue weighted by Gasteiger charge is -2.09. The fourth-order valence-electron chi connectivity index (χ4n) is 2.58. The number of nitrogens with one attached hydrogen (secondary N) is 1. The summed E-state index contributed by atoms with van der Waals surface area (Å²) in [6.45, 7) is 0.481. The Morgan fingerprint density at radius 1 is 1.08 bits per heavy atom. The van der Waals surface area contributed by atoms with Crippen molar-refractivity contribution in [1.29, 1.82) is 0 Å². The van der Waals surface area contributed by atoms with Crippen LogP contribution in [0.1, 0.15) is 5.56 Å². The third kappa shape index (κ3) is 4.39. The van der Waals surface area contributed by atoms with Crippen LogP contribution >= 0.6 is 27.5 Å². The van der Waals surface area contributed by atoms with Gasteiger partial charge in [-0.05, 0) is 51.2 Å². The number of rotatable bonds is 6. The highest BCUT2D eigenvalue weighted by atomic mass is 79.9. The molecule has 7 heteroatoms. The Morgan fingerprint density at radius 3 is 2.54 bits per heavy atom. The van der Waals surface area contributed by atoms with Gasteiger partial charge in [-0.1, -0.05) is 54.1 Å². The molecule has 132 valence electrons. The zero-order valence-electron chi connectivity index (χ0n) is 13.7. The first-order valence-corrected chi connectivity index (χ1v) is 9.10. The Labute approximate surface area is 164 Å². The molecule has 5 nitrogen and oxygen atoms in total. The van der Waals surface area contributed by atoms with Crippen molar-refractivity contribution >= 4 is 39.0 Å². The van der Waals surface area contributed by atoms with Gasteiger partial charge in [0, 0.05) is 17.6 Å². The SMILES string of the molecule is O=[N+]([O-])c1ccc(Br)nc1NCCc1ccc(-c2ccccc2)cc1Cl. The third-order valence-corrected chi connectivity index (χ3v) is 4.68. The van der Waals surface area contributed by atoms with Gasteiger partial charge in [-0.25, -0.2) is 4.98 Å². The third-order valence-electron chi connectivity index (χ3n) is 3.88. The van der Waals surface area contributed by atoms with E-state index in [2.05, 4.69) is 26.2 Å². The van der Waals surface area contributed by atoms with Crippen molar-refractivity contribution in [1.82, 2.24) is 4.98 Å². The van der Waals surface area contributed by atoms with E-state index in [1.807, 2.05) is 48.5 Å². The zero-order valence-corrected chi connectivity index (χ0v) is 16.0. The van der Waals surface area contributed by atoms with Crippen molar-refractivity contribution in [3.8, 4) is 11.1 Å². The molecule has 0 saturated heterocycles. The van der Waals surface area contributed by atoms with E-state index in [1.165, 1.54) is 6.07 Å². The van der Waals surface area contributed by atoms with E-state index in [4.69, 9.17) is 11.6 Å². The maximum Gasteiger partial charge on any atom is 0.311 e. The first-order valence-electron chi connectivity index (χ1n) is 7.93.